The molecule has 0 bridgehead atoms. The lowest BCUT2D eigenvalue weighted by Gasteiger charge is -2.06. The first-order valence-corrected chi connectivity index (χ1v) is 12.2. The van der Waals surface area contributed by atoms with Gasteiger partial charge in [-0.2, -0.15) is 5.26 Å². The summed E-state index contributed by atoms with van der Waals surface area (Å²) in [6, 6.07) is 21.9. The number of ether oxygens (including phenoxy) is 2. The molecule has 0 unspecified atom stereocenters. The number of nitrogens with zero attached hydrogens (tertiary/aromatic N) is 2. The Morgan fingerprint density at radius 3 is 2.22 bits per heavy atom. The summed E-state index contributed by atoms with van der Waals surface area (Å²) >= 11 is 1.06. The number of hydrogen-bond donors (Lipinski definition) is 1. The van der Waals surface area contributed by atoms with E-state index in [0.29, 0.717) is 33.0 Å². The summed E-state index contributed by atoms with van der Waals surface area (Å²) in [5.74, 6) is 0.557. The number of methoxy groups -OCH3 is 2. The fourth-order valence-corrected chi connectivity index (χ4v) is 4.79. The monoisotopic (exact) mass is 511 g/mol. The minimum absolute atomic E-state index is 0.166. The smallest absolute Gasteiger partial charge is 0.273 e. The molecule has 0 fully saturated rings. The molecule has 0 saturated carbocycles. The van der Waals surface area contributed by atoms with Gasteiger partial charge in [-0.05, 0) is 62.4 Å². The van der Waals surface area contributed by atoms with Crippen molar-refractivity contribution in [1.82, 2.24) is 4.57 Å². The van der Waals surface area contributed by atoms with Crippen LogP contribution >= 0.6 is 11.3 Å². The topological polar surface area (TPSA) is 93.3 Å². The molecule has 4 rings (SSSR count). The fourth-order valence-electron chi connectivity index (χ4n) is 3.70. The molecule has 1 heterocycles. The van der Waals surface area contributed by atoms with Gasteiger partial charge in [-0.3, -0.25) is 14.2 Å². The Bertz CT molecular complexity index is 1680. The SMILES string of the molecule is COc1ccc(OC)c(C=c2sc(=C(C#N)C(=O)Nc3ccc(C)cc3)n(-c3ccc(C)cc3)c2=O)c1. The van der Waals surface area contributed by atoms with E-state index >= 15 is 0 Å². The highest BCUT2D eigenvalue weighted by Gasteiger charge is 2.18. The van der Waals surface area contributed by atoms with Gasteiger partial charge < -0.3 is 14.8 Å². The van der Waals surface area contributed by atoms with Crippen LogP contribution in [-0.2, 0) is 4.79 Å². The van der Waals surface area contributed by atoms with Gasteiger partial charge in [0, 0.05) is 11.3 Å². The number of nitriles is 1. The minimum Gasteiger partial charge on any atom is -0.497 e. The lowest BCUT2D eigenvalue weighted by Crippen LogP contribution is -2.32. The van der Waals surface area contributed by atoms with Crippen LogP contribution < -0.4 is 29.5 Å². The summed E-state index contributed by atoms with van der Waals surface area (Å²) in [6.07, 6.45) is 1.68. The van der Waals surface area contributed by atoms with Gasteiger partial charge in [0.25, 0.3) is 11.5 Å². The Kier molecular flexibility index (Phi) is 7.56. The fraction of sp³-hybridized carbons (Fsp3) is 0.138. The van der Waals surface area contributed by atoms with Crippen molar-refractivity contribution in [2.24, 2.45) is 0 Å². The molecular formula is C29H25N3O4S. The van der Waals surface area contributed by atoms with Crippen molar-refractivity contribution in [1.29, 1.82) is 5.26 Å². The number of nitrogens with one attached hydrogen (secondary N) is 1. The van der Waals surface area contributed by atoms with Crippen LogP contribution in [0.2, 0.25) is 0 Å². The molecule has 0 saturated heterocycles. The predicted molar refractivity (Wildman–Crippen MR) is 146 cm³/mol. The van der Waals surface area contributed by atoms with Crippen molar-refractivity contribution in [2.45, 2.75) is 13.8 Å². The second-order valence-electron chi connectivity index (χ2n) is 8.31. The Labute approximate surface area is 218 Å². The first kappa shape index (κ1) is 25.5. The number of anilines is 1. The van der Waals surface area contributed by atoms with Crippen LogP contribution in [0.1, 0.15) is 16.7 Å². The van der Waals surface area contributed by atoms with E-state index in [4.69, 9.17) is 9.47 Å². The van der Waals surface area contributed by atoms with E-state index in [0.717, 1.165) is 22.5 Å². The third-order valence-electron chi connectivity index (χ3n) is 5.70. The minimum atomic E-state index is -0.598. The number of hydrogen-bond acceptors (Lipinski definition) is 6. The zero-order valence-corrected chi connectivity index (χ0v) is 21.7. The zero-order valence-electron chi connectivity index (χ0n) is 20.9. The second-order valence-corrected chi connectivity index (χ2v) is 9.34. The molecule has 0 aliphatic carbocycles. The van der Waals surface area contributed by atoms with Crippen molar-refractivity contribution in [3.05, 3.63) is 103 Å². The Morgan fingerprint density at radius 1 is 0.973 bits per heavy atom. The number of carbonyl (C=O) groups is 1. The molecule has 1 amide bonds. The average Bonchev–Trinajstić information content (AvgIpc) is 3.21. The molecule has 0 radical (unpaired) electrons. The van der Waals surface area contributed by atoms with Crippen LogP contribution in [0.3, 0.4) is 0 Å². The normalized spacial score (nSPS) is 12.0. The van der Waals surface area contributed by atoms with Gasteiger partial charge in [-0.25, -0.2) is 0 Å². The lowest BCUT2D eigenvalue weighted by molar-refractivity contribution is -0.111. The van der Waals surface area contributed by atoms with Gasteiger partial charge in [0.05, 0.1) is 24.4 Å². The van der Waals surface area contributed by atoms with E-state index < -0.39 is 5.91 Å². The standard InChI is InChI=1S/C29H25N3O4S/c1-18-5-9-21(10-6-18)31-27(33)24(17-30)29-32(22-11-7-19(2)8-12-22)28(34)26(37-29)16-20-15-23(35-3)13-14-25(20)36-4/h5-16H,1-4H3,(H,31,33). The molecule has 0 aliphatic rings. The summed E-state index contributed by atoms with van der Waals surface area (Å²) in [5.41, 5.74) is 3.27. The van der Waals surface area contributed by atoms with Gasteiger partial charge in [-0.15, -0.1) is 11.3 Å². The Hall–Kier alpha value is -4.61. The summed E-state index contributed by atoms with van der Waals surface area (Å²) in [4.78, 5) is 26.9. The van der Waals surface area contributed by atoms with Crippen molar-refractivity contribution >= 4 is 34.6 Å². The highest BCUT2D eigenvalue weighted by Crippen LogP contribution is 2.24. The van der Waals surface area contributed by atoms with Crippen LogP contribution in [0.5, 0.6) is 11.5 Å². The van der Waals surface area contributed by atoms with E-state index in [9.17, 15) is 14.9 Å². The molecule has 3 aromatic carbocycles. The number of carbonyl (C=O) groups excluding carboxylic acids is 1. The highest BCUT2D eigenvalue weighted by molar-refractivity contribution is 7.07. The van der Waals surface area contributed by atoms with Gasteiger partial charge in [0.15, 0.2) is 5.57 Å². The highest BCUT2D eigenvalue weighted by atomic mass is 32.1. The number of aryl methyl sites for hydroxylation is 2. The molecule has 7 nitrogen and oxygen atoms in total. The molecule has 1 aromatic heterocycles. The third-order valence-corrected chi connectivity index (χ3v) is 6.79. The molecule has 37 heavy (non-hydrogen) atoms. The molecule has 0 atom stereocenters. The van der Waals surface area contributed by atoms with E-state index in [2.05, 4.69) is 5.32 Å². The number of thiazole rings is 1. The largest absolute Gasteiger partial charge is 0.497 e. The first-order chi connectivity index (χ1) is 17.8. The van der Waals surface area contributed by atoms with Gasteiger partial charge >= 0.3 is 0 Å². The van der Waals surface area contributed by atoms with E-state index in [1.165, 1.54) is 4.57 Å². The van der Waals surface area contributed by atoms with Gasteiger partial charge in [0.1, 0.15) is 22.2 Å². The van der Waals surface area contributed by atoms with Crippen molar-refractivity contribution in [3.8, 4) is 23.3 Å². The van der Waals surface area contributed by atoms with E-state index in [1.807, 2.05) is 44.2 Å². The van der Waals surface area contributed by atoms with E-state index in [-0.39, 0.29) is 15.8 Å². The quantitative estimate of drug-likeness (QED) is 0.426. The van der Waals surface area contributed by atoms with Crippen LogP contribution in [0.15, 0.2) is 71.5 Å². The van der Waals surface area contributed by atoms with Crippen LogP contribution in [0.25, 0.3) is 17.3 Å². The third kappa shape index (κ3) is 5.47. The Morgan fingerprint density at radius 2 is 1.62 bits per heavy atom. The average molecular weight is 512 g/mol. The van der Waals surface area contributed by atoms with Crippen molar-refractivity contribution < 1.29 is 14.3 Å². The maximum atomic E-state index is 13.7. The molecule has 0 aliphatic heterocycles. The molecule has 0 spiro atoms. The predicted octanol–water partition coefficient (Wildman–Crippen LogP) is 3.67. The van der Waals surface area contributed by atoms with Gasteiger partial charge in [-0.1, -0.05) is 35.4 Å². The lowest BCUT2D eigenvalue weighted by atomic mass is 10.2. The zero-order chi connectivity index (χ0) is 26.5. The number of rotatable bonds is 6. The summed E-state index contributed by atoms with van der Waals surface area (Å²) < 4.78 is 12.7. The molecule has 8 heteroatoms. The summed E-state index contributed by atoms with van der Waals surface area (Å²) in [5, 5.41) is 12.8. The molecule has 4 aromatic rings. The molecule has 186 valence electrons. The van der Waals surface area contributed by atoms with Crippen molar-refractivity contribution in [3.63, 3.8) is 0 Å². The summed E-state index contributed by atoms with van der Waals surface area (Å²) in [7, 11) is 3.10. The maximum Gasteiger partial charge on any atom is 0.273 e. The first-order valence-electron chi connectivity index (χ1n) is 11.4. The van der Waals surface area contributed by atoms with Gasteiger partial charge in [0.2, 0.25) is 0 Å². The maximum absolute atomic E-state index is 13.7. The van der Waals surface area contributed by atoms with E-state index in [1.54, 1.807) is 62.8 Å². The van der Waals surface area contributed by atoms with Crippen LogP contribution in [-0.4, -0.2) is 24.7 Å². The molecular weight excluding hydrogens is 486 g/mol. The van der Waals surface area contributed by atoms with Crippen LogP contribution in [0.4, 0.5) is 5.69 Å². The summed E-state index contributed by atoms with van der Waals surface area (Å²) in [6.45, 7) is 3.89. The van der Waals surface area contributed by atoms with Crippen molar-refractivity contribution in [2.75, 3.05) is 19.5 Å². The second kappa shape index (κ2) is 11.0. The number of amides is 1. The number of benzene rings is 3. The van der Waals surface area contributed by atoms with Crippen LogP contribution in [0, 0.1) is 25.2 Å². The molecule has 1 N–H and O–H groups in total. The number of aromatic nitrogens is 1. The Balaban J connectivity index is 1.98.